The van der Waals surface area contributed by atoms with Crippen LogP contribution in [0, 0.1) is 5.82 Å². The van der Waals surface area contributed by atoms with E-state index in [9.17, 15) is 14.0 Å². The average molecular weight is 385 g/mol. The fourth-order valence-corrected chi connectivity index (χ4v) is 2.96. The molecule has 1 aromatic heterocycles. The molecule has 0 aliphatic rings. The number of anilines is 1. The normalized spacial score (nSPS) is 11.1. The second-order valence-electron chi connectivity index (χ2n) is 6.37. The van der Waals surface area contributed by atoms with Gasteiger partial charge in [0.05, 0.1) is 5.69 Å². The molecule has 3 aromatic carbocycles. The molecule has 0 atom stereocenters. The Morgan fingerprint density at radius 1 is 0.862 bits per heavy atom. The Morgan fingerprint density at radius 3 is 2.31 bits per heavy atom. The van der Waals surface area contributed by atoms with E-state index < -0.39 is 17.5 Å². The number of carbonyl (C=O) groups excluding carboxylic acids is 2. The maximum Gasteiger partial charge on any atom is 0.248 e. The summed E-state index contributed by atoms with van der Waals surface area (Å²) in [6.07, 6.45) is 3.07. The molecule has 0 saturated carbocycles. The number of hydrogen-bond donors (Lipinski definition) is 1. The second kappa shape index (κ2) is 7.94. The van der Waals surface area contributed by atoms with Crippen LogP contribution in [0.15, 0.2) is 89.4 Å². The Morgan fingerprint density at radius 2 is 1.55 bits per heavy atom. The first-order valence-corrected chi connectivity index (χ1v) is 8.98. The van der Waals surface area contributed by atoms with E-state index in [4.69, 9.17) is 4.42 Å². The van der Waals surface area contributed by atoms with E-state index in [-0.39, 0.29) is 17.0 Å². The van der Waals surface area contributed by atoms with Crippen molar-refractivity contribution in [1.82, 2.24) is 0 Å². The number of ketones is 1. The molecule has 0 radical (unpaired) electrons. The fraction of sp³-hybridized carbons (Fsp3) is 0. The summed E-state index contributed by atoms with van der Waals surface area (Å²) in [4.78, 5) is 25.4. The van der Waals surface area contributed by atoms with Crippen LogP contribution in [0.25, 0.3) is 17.0 Å². The highest BCUT2D eigenvalue weighted by Gasteiger charge is 2.23. The maximum atomic E-state index is 13.2. The van der Waals surface area contributed by atoms with Crippen LogP contribution in [-0.2, 0) is 4.79 Å². The lowest BCUT2D eigenvalue weighted by Gasteiger charge is -2.04. The molecule has 0 aliphatic heterocycles. The second-order valence-corrected chi connectivity index (χ2v) is 6.37. The summed E-state index contributed by atoms with van der Waals surface area (Å²) in [5.74, 6) is -1.28. The van der Waals surface area contributed by atoms with Crippen LogP contribution < -0.4 is 5.32 Å². The topological polar surface area (TPSA) is 59.3 Å². The Balaban J connectivity index is 1.68. The number of rotatable bonds is 5. The minimum absolute atomic E-state index is 0.000677. The molecule has 29 heavy (non-hydrogen) atoms. The van der Waals surface area contributed by atoms with E-state index in [0.717, 1.165) is 5.56 Å². The van der Waals surface area contributed by atoms with Crippen molar-refractivity contribution in [1.29, 1.82) is 0 Å². The number of halogens is 1. The van der Waals surface area contributed by atoms with Crippen LogP contribution in [-0.4, -0.2) is 11.7 Å². The molecule has 4 aromatic rings. The molecule has 0 fully saturated rings. The first-order valence-electron chi connectivity index (χ1n) is 8.98. The summed E-state index contributed by atoms with van der Waals surface area (Å²) in [5.41, 5.74) is 1.90. The molecular weight excluding hydrogens is 369 g/mol. The third kappa shape index (κ3) is 3.99. The van der Waals surface area contributed by atoms with Crippen molar-refractivity contribution in [2.45, 2.75) is 0 Å². The molecule has 5 heteroatoms. The van der Waals surface area contributed by atoms with Crippen LogP contribution in [0.1, 0.15) is 21.7 Å². The Kier molecular flexibility index (Phi) is 5.03. The van der Waals surface area contributed by atoms with E-state index in [2.05, 4.69) is 5.32 Å². The molecule has 1 N–H and O–H groups in total. The van der Waals surface area contributed by atoms with Crippen molar-refractivity contribution in [3.05, 3.63) is 108 Å². The summed E-state index contributed by atoms with van der Waals surface area (Å²) in [5, 5.41) is 3.36. The van der Waals surface area contributed by atoms with E-state index in [1.54, 1.807) is 30.3 Å². The number of para-hydroxylation sites is 1. The number of fused-ring (bicyclic) bond motifs is 1. The fourth-order valence-electron chi connectivity index (χ4n) is 2.96. The van der Waals surface area contributed by atoms with Gasteiger partial charge in [0.25, 0.3) is 0 Å². The molecule has 0 spiro atoms. The lowest BCUT2D eigenvalue weighted by Crippen LogP contribution is -2.11. The van der Waals surface area contributed by atoms with Crippen LogP contribution in [0.3, 0.4) is 0 Å². The highest BCUT2D eigenvalue weighted by Crippen LogP contribution is 2.32. The molecule has 1 heterocycles. The van der Waals surface area contributed by atoms with Gasteiger partial charge in [0.2, 0.25) is 11.7 Å². The van der Waals surface area contributed by atoms with Crippen molar-refractivity contribution in [2.24, 2.45) is 0 Å². The summed E-state index contributed by atoms with van der Waals surface area (Å²) < 4.78 is 18.9. The van der Waals surface area contributed by atoms with Gasteiger partial charge in [-0.1, -0.05) is 42.5 Å². The van der Waals surface area contributed by atoms with Crippen LogP contribution in [0.5, 0.6) is 0 Å². The SMILES string of the molecule is O=C(C=Cc1ccccc1)Nc1c(C(=O)c2ccc(F)cc2)oc2ccccc12. The lowest BCUT2D eigenvalue weighted by molar-refractivity contribution is -0.111. The summed E-state index contributed by atoms with van der Waals surface area (Å²) in [7, 11) is 0. The van der Waals surface area contributed by atoms with Crippen LogP contribution in [0.4, 0.5) is 10.1 Å². The number of benzene rings is 3. The number of hydrogen-bond acceptors (Lipinski definition) is 3. The van der Waals surface area contributed by atoms with Gasteiger partial charge in [-0.3, -0.25) is 9.59 Å². The molecule has 1 amide bonds. The summed E-state index contributed by atoms with van der Waals surface area (Å²) in [6, 6.07) is 21.6. The molecule has 4 rings (SSSR count). The van der Waals surface area contributed by atoms with Crippen LogP contribution >= 0.6 is 0 Å². The first-order chi connectivity index (χ1) is 14.1. The van der Waals surface area contributed by atoms with Crippen molar-refractivity contribution in [2.75, 3.05) is 5.32 Å². The molecule has 0 saturated heterocycles. The van der Waals surface area contributed by atoms with E-state index in [0.29, 0.717) is 11.0 Å². The smallest absolute Gasteiger partial charge is 0.248 e. The number of furan rings is 1. The van der Waals surface area contributed by atoms with E-state index in [1.807, 2.05) is 30.3 Å². The van der Waals surface area contributed by atoms with Gasteiger partial charge >= 0.3 is 0 Å². The van der Waals surface area contributed by atoms with Gasteiger partial charge in [0.15, 0.2) is 5.76 Å². The lowest BCUT2D eigenvalue weighted by atomic mass is 10.1. The van der Waals surface area contributed by atoms with Crippen LogP contribution in [0.2, 0.25) is 0 Å². The maximum absolute atomic E-state index is 13.2. The van der Waals surface area contributed by atoms with Gasteiger partial charge in [0, 0.05) is 17.0 Å². The molecule has 0 aliphatic carbocycles. The van der Waals surface area contributed by atoms with E-state index in [1.165, 1.54) is 30.3 Å². The van der Waals surface area contributed by atoms with Gasteiger partial charge in [-0.05, 0) is 48.0 Å². The summed E-state index contributed by atoms with van der Waals surface area (Å²) >= 11 is 0. The zero-order valence-electron chi connectivity index (χ0n) is 15.3. The first kappa shape index (κ1) is 18.4. The minimum Gasteiger partial charge on any atom is -0.450 e. The Bertz CT molecular complexity index is 1210. The van der Waals surface area contributed by atoms with Gasteiger partial charge < -0.3 is 9.73 Å². The molecule has 142 valence electrons. The Labute approximate surface area is 166 Å². The largest absolute Gasteiger partial charge is 0.450 e. The summed E-state index contributed by atoms with van der Waals surface area (Å²) in [6.45, 7) is 0. The monoisotopic (exact) mass is 385 g/mol. The van der Waals surface area contributed by atoms with E-state index >= 15 is 0 Å². The molecular formula is C24H16FNO3. The third-order valence-corrected chi connectivity index (χ3v) is 4.38. The van der Waals surface area contributed by atoms with Crippen molar-refractivity contribution >= 4 is 34.4 Å². The van der Waals surface area contributed by atoms with Gasteiger partial charge in [-0.2, -0.15) is 0 Å². The zero-order chi connectivity index (χ0) is 20.2. The van der Waals surface area contributed by atoms with Crippen molar-refractivity contribution in [3.63, 3.8) is 0 Å². The highest BCUT2D eigenvalue weighted by molar-refractivity contribution is 6.18. The quantitative estimate of drug-likeness (QED) is 0.367. The minimum atomic E-state index is -0.441. The van der Waals surface area contributed by atoms with Gasteiger partial charge in [0.1, 0.15) is 11.4 Å². The molecule has 4 nitrogen and oxygen atoms in total. The number of amides is 1. The van der Waals surface area contributed by atoms with Gasteiger partial charge in [-0.15, -0.1) is 0 Å². The number of carbonyl (C=O) groups is 2. The van der Waals surface area contributed by atoms with Gasteiger partial charge in [-0.25, -0.2) is 4.39 Å². The number of nitrogens with one attached hydrogen (secondary N) is 1. The Hall–Kier alpha value is -3.99. The average Bonchev–Trinajstić information content (AvgIpc) is 3.11. The third-order valence-electron chi connectivity index (χ3n) is 4.38. The van der Waals surface area contributed by atoms with Crippen molar-refractivity contribution in [3.8, 4) is 0 Å². The molecule has 0 bridgehead atoms. The predicted octanol–water partition coefficient (Wildman–Crippen LogP) is 5.45. The highest BCUT2D eigenvalue weighted by atomic mass is 19.1. The predicted molar refractivity (Wildman–Crippen MR) is 110 cm³/mol. The standard InChI is InChI=1S/C24H16FNO3/c25-18-13-11-17(12-14-18)23(28)24-22(19-8-4-5-9-20(19)29-24)26-21(27)15-10-16-6-2-1-3-7-16/h1-15H,(H,26,27). The molecule has 0 unspecified atom stereocenters. The zero-order valence-corrected chi connectivity index (χ0v) is 15.3. The van der Waals surface area contributed by atoms with Crippen molar-refractivity contribution < 1.29 is 18.4 Å².